The first kappa shape index (κ1) is 12.7. The molecule has 0 saturated heterocycles. The van der Waals surface area contributed by atoms with Gasteiger partial charge < -0.3 is 10.4 Å². The molecule has 1 aromatic heterocycles. The predicted molar refractivity (Wildman–Crippen MR) is 67.2 cm³/mol. The molecule has 0 aromatic carbocycles. The van der Waals surface area contributed by atoms with Gasteiger partial charge in [0.15, 0.2) is 0 Å². The second-order valence-corrected chi connectivity index (χ2v) is 5.01. The van der Waals surface area contributed by atoms with E-state index in [4.69, 9.17) is 5.11 Å². The third kappa shape index (κ3) is 3.96. The third-order valence-electron chi connectivity index (χ3n) is 2.05. The molecule has 1 aromatic rings. The molecule has 0 fully saturated rings. The molecule has 2 unspecified atom stereocenters. The SMILES string of the molecule is CSC(CO)C(C)Nc1cc(Br)ncn1. The topological polar surface area (TPSA) is 58.0 Å². The standard InChI is InChI=1S/C9H14BrN3OS/c1-6(7(4-14)15-2)13-9-3-8(10)11-5-12-9/h3,5-7,14H,4H2,1-2H3,(H,11,12,13). The minimum absolute atomic E-state index is 0.154. The second kappa shape index (κ2) is 6.30. The summed E-state index contributed by atoms with van der Waals surface area (Å²) in [6.07, 6.45) is 3.47. The predicted octanol–water partition coefficient (Wildman–Crippen LogP) is 1.76. The molecule has 0 aliphatic heterocycles. The molecule has 1 rings (SSSR count). The van der Waals surface area contributed by atoms with Crippen molar-refractivity contribution in [2.45, 2.75) is 18.2 Å². The van der Waals surface area contributed by atoms with Crippen LogP contribution in [0, 0.1) is 0 Å². The quantitative estimate of drug-likeness (QED) is 0.810. The second-order valence-electron chi connectivity index (χ2n) is 3.12. The van der Waals surface area contributed by atoms with Gasteiger partial charge in [-0.3, -0.25) is 0 Å². The molecule has 2 N–H and O–H groups in total. The van der Waals surface area contributed by atoms with Crippen molar-refractivity contribution >= 4 is 33.5 Å². The van der Waals surface area contributed by atoms with E-state index in [1.807, 2.05) is 19.2 Å². The van der Waals surface area contributed by atoms with Crippen molar-refractivity contribution in [2.24, 2.45) is 0 Å². The third-order valence-corrected chi connectivity index (χ3v) is 3.65. The van der Waals surface area contributed by atoms with Crippen LogP contribution in [0.5, 0.6) is 0 Å². The van der Waals surface area contributed by atoms with Crippen molar-refractivity contribution < 1.29 is 5.11 Å². The summed E-state index contributed by atoms with van der Waals surface area (Å²) in [4.78, 5) is 8.03. The van der Waals surface area contributed by atoms with E-state index >= 15 is 0 Å². The van der Waals surface area contributed by atoms with E-state index in [0.717, 1.165) is 10.4 Å². The van der Waals surface area contributed by atoms with E-state index in [1.165, 1.54) is 6.33 Å². The highest BCUT2D eigenvalue weighted by atomic mass is 79.9. The van der Waals surface area contributed by atoms with E-state index in [-0.39, 0.29) is 17.9 Å². The van der Waals surface area contributed by atoms with Gasteiger partial charge in [-0.2, -0.15) is 11.8 Å². The fourth-order valence-corrected chi connectivity index (χ4v) is 2.11. The maximum Gasteiger partial charge on any atom is 0.130 e. The summed E-state index contributed by atoms with van der Waals surface area (Å²) in [5, 5.41) is 12.5. The maximum absolute atomic E-state index is 9.13. The number of nitrogens with one attached hydrogen (secondary N) is 1. The molecular weight excluding hydrogens is 278 g/mol. The Bertz CT molecular complexity index is 309. The zero-order valence-corrected chi connectivity index (χ0v) is 11.0. The Morgan fingerprint density at radius 3 is 2.87 bits per heavy atom. The van der Waals surface area contributed by atoms with Crippen molar-refractivity contribution in [1.29, 1.82) is 0 Å². The van der Waals surface area contributed by atoms with Crippen LogP contribution < -0.4 is 5.32 Å². The summed E-state index contributed by atoms with van der Waals surface area (Å²) in [6, 6.07) is 1.97. The van der Waals surface area contributed by atoms with E-state index in [0.29, 0.717) is 0 Å². The smallest absolute Gasteiger partial charge is 0.130 e. The number of aliphatic hydroxyl groups is 1. The van der Waals surface area contributed by atoms with Gasteiger partial charge in [-0.15, -0.1) is 0 Å². The van der Waals surface area contributed by atoms with Crippen LogP contribution in [0.3, 0.4) is 0 Å². The Labute approximate surface area is 102 Å². The van der Waals surface area contributed by atoms with Crippen LogP contribution in [0.1, 0.15) is 6.92 Å². The van der Waals surface area contributed by atoms with Crippen molar-refractivity contribution in [1.82, 2.24) is 9.97 Å². The first-order valence-corrected chi connectivity index (χ1v) is 6.63. The van der Waals surface area contributed by atoms with Gasteiger partial charge in [0.2, 0.25) is 0 Å². The number of hydrogen-bond donors (Lipinski definition) is 2. The van der Waals surface area contributed by atoms with Crippen LogP contribution in [0.25, 0.3) is 0 Å². The van der Waals surface area contributed by atoms with Gasteiger partial charge in [0.25, 0.3) is 0 Å². The lowest BCUT2D eigenvalue weighted by molar-refractivity contribution is 0.288. The summed E-state index contributed by atoms with van der Waals surface area (Å²) < 4.78 is 0.747. The highest BCUT2D eigenvalue weighted by molar-refractivity contribution is 9.10. The number of anilines is 1. The Morgan fingerprint density at radius 1 is 1.60 bits per heavy atom. The molecule has 84 valence electrons. The van der Waals surface area contributed by atoms with Crippen molar-refractivity contribution in [3.63, 3.8) is 0 Å². The van der Waals surface area contributed by atoms with Crippen LogP contribution in [-0.2, 0) is 0 Å². The van der Waals surface area contributed by atoms with Crippen molar-refractivity contribution in [3.05, 3.63) is 17.0 Å². The molecular formula is C9H14BrN3OS. The molecule has 0 amide bonds. The van der Waals surface area contributed by atoms with Gasteiger partial charge in [-0.1, -0.05) is 0 Å². The number of aromatic nitrogens is 2. The van der Waals surface area contributed by atoms with Gasteiger partial charge in [0.05, 0.1) is 6.61 Å². The number of rotatable bonds is 5. The van der Waals surface area contributed by atoms with Gasteiger partial charge in [0, 0.05) is 17.4 Å². The van der Waals surface area contributed by atoms with Gasteiger partial charge >= 0.3 is 0 Å². The van der Waals surface area contributed by atoms with Crippen molar-refractivity contribution in [3.8, 4) is 0 Å². The number of hydrogen-bond acceptors (Lipinski definition) is 5. The highest BCUT2D eigenvalue weighted by Crippen LogP contribution is 2.16. The molecule has 0 saturated carbocycles. The summed E-state index contributed by atoms with van der Waals surface area (Å²) in [6.45, 7) is 2.18. The largest absolute Gasteiger partial charge is 0.395 e. The Morgan fingerprint density at radius 2 is 2.33 bits per heavy atom. The summed E-state index contributed by atoms with van der Waals surface area (Å²) >= 11 is 4.91. The van der Waals surface area contributed by atoms with E-state index < -0.39 is 0 Å². The van der Waals surface area contributed by atoms with Gasteiger partial charge in [-0.25, -0.2) is 9.97 Å². The number of nitrogens with zero attached hydrogens (tertiary/aromatic N) is 2. The number of aliphatic hydroxyl groups excluding tert-OH is 1. The molecule has 0 bridgehead atoms. The minimum atomic E-state index is 0.154. The monoisotopic (exact) mass is 291 g/mol. The normalized spacial score (nSPS) is 14.7. The van der Waals surface area contributed by atoms with E-state index in [9.17, 15) is 0 Å². The lowest BCUT2D eigenvalue weighted by atomic mass is 10.2. The highest BCUT2D eigenvalue weighted by Gasteiger charge is 2.15. The summed E-state index contributed by atoms with van der Waals surface area (Å²) in [5.41, 5.74) is 0. The van der Waals surface area contributed by atoms with Crippen LogP contribution in [0.4, 0.5) is 5.82 Å². The van der Waals surface area contributed by atoms with E-state index in [2.05, 4.69) is 31.2 Å². The molecule has 0 spiro atoms. The van der Waals surface area contributed by atoms with Crippen LogP contribution in [0.15, 0.2) is 17.0 Å². The molecule has 6 heteroatoms. The molecule has 4 nitrogen and oxygen atoms in total. The Kier molecular flexibility index (Phi) is 5.35. The van der Waals surface area contributed by atoms with Crippen LogP contribution >= 0.6 is 27.7 Å². The Hall–Kier alpha value is -0.330. The van der Waals surface area contributed by atoms with Gasteiger partial charge in [0.1, 0.15) is 16.7 Å². The summed E-state index contributed by atoms with van der Waals surface area (Å²) in [5.74, 6) is 0.761. The van der Waals surface area contributed by atoms with Crippen LogP contribution in [-0.4, -0.2) is 39.2 Å². The molecule has 0 aliphatic rings. The molecule has 2 atom stereocenters. The van der Waals surface area contributed by atoms with Crippen molar-refractivity contribution in [2.75, 3.05) is 18.2 Å². The number of thioether (sulfide) groups is 1. The van der Waals surface area contributed by atoms with Crippen LogP contribution in [0.2, 0.25) is 0 Å². The van der Waals surface area contributed by atoms with E-state index in [1.54, 1.807) is 11.8 Å². The lowest BCUT2D eigenvalue weighted by Crippen LogP contribution is -2.31. The van der Waals surface area contributed by atoms with Gasteiger partial charge in [-0.05, 0) is 29.1 Å². The average molecular weight is 292 g/mol. The minimum Gasteiger partial charge on any atom is -0.395 e. The zero-order chi connectivity index (χ0) is 11.3. The molecule has 0 radical (unpaired) electrons. The fourth-order valence-electron chi connectivity index (χ4n) is 1.18. The Balaban J connectivity index is 2.61. The first-order valence-electron chi connectivity index (χ1n) is 4.55. The molecule has 1 heterocycles. The molecule has 15 heavy (non-hydrogen) atoms. The molecule has 0 aliphatic carbocycles. The summed E-state index contributed by atoms with van der Waals surface area (Å²) in [7, 11) is 0. The fraction of sp³-hybridized carbons (Fsp3) is 0.556. The first-order chi connectivity index (χ1) is 7.17. The average Bonchev–Trinajstić information content (AvgIpc) is 2.19. The zero-order valence-electron chi connectivity index (χ0n) is 8.64. The lowest BCUT2D eigenvalue weighted by Gasteiger charge is -2.21. The maximum atomic E-state index is 9.13. The number of halogens is 1.